The number of fused-ring (bicyclic) bond motifs is 1. The zero-order valence-corrected chi connectivity index (χ0v) is 15.4. The van der Waals surface area contributed by atoms with Crippen molar-refractivity contribution in [3.63, 3.8) is 0 Å². The molecule has 26 heavy (non-hydrogen) atoms. The van der Waals surface area contributed by atoms with E-state index in [1.165, 1.54) is 16.8 Å². The highest BCUT2D eigenvalue weighted by Gasteiger charge is 2.29. The number of amides is 2. The predicted molar refractivity (Wildman–Crippen MR) is 95.4 cm³/mol. The molecule has 2 heterocycles. The highest BCUT2D eigenvalue weighted by Crippen LogP contribution is 2.28. The van der Waals surface area contributed by atoms with E-state index < -0.39 is 10.0 Å². The van der Waals surface area contributed by atoms with Crippen LogP contribution < -0.4 is 15.4 Å². The fraction of sp³-hybridized carbons (Fsp3) is 0.375. The first-order valence-electron chi connectivity index (χ1n) is 8.19. The molecule has 3 rings (SSSR count). The van der Waals surface area contributed by atoms with Crippen molar-refractivity contribution in [2.45, 2.75) is 18.5 Å². The van der Waals surface area contributed by atoms with Crippen LogP contribution in [0.15, 0.2) is 35.7 Å². The van der Waals surface area contributed by atoms with Crippen LogP contribution in [-0.2, 0) is 23.6 Å². The van der Waals surface area contributed by atoms with Gasteiger partial charge in [-0.1, -0.05) is 0 Å². The van der Waals surface area contributed by atoms with Crippen molar-refractivity contribution in [1.82, 2.24) is 19.2 Å². The van der Waals surface area contributed by atoms with Crippen LogP contribution in [0.1, 0.15) is 12.5 Å². The number of benzene rings is 1. The van der Waals surface area contributed by atoms with Gasteiger partial charge in [0.2, 0.25) is 0 Å². The summed E-state index contributed by atoms with van der Waals surface area (Å²) in [6.07, 6.45) is 2.92. The molecule has 1 aliphatic rings. The number of anilines is 1. The van der Waals surface area contributed by atoms with E-state index in [1.54, 1.807) is 29.8 Å². The van der Waals surface area contributed by atoms with Gasteiger partial charge in [-0.2, -0.15) is 4.31 Å². The smallest absolute Gasteiger partial charge is 0.319 e. The Labute approximate surface area is 152 Å². The van der Waals surface area contributed by atoms with Crippen LogP contribution in [0.25, 0.3) is 0 Å². The molecular formula is C16H21N5O4S. The minimum Gasteiger partial charge on any atom is -0.492 e. The lowest BCUT2D eigenvalue weighted by molar-refractivity contribution is 0.252. The number of hydrogen-bond acceptors (Lipinski definition) is 5. The van der Waals surface area contributed by atoms with E-state index in [9.17, 15) is 13.2 Å². The van der Waals surface area contributed by atoms with E-state index in [0.717, 1.165) is 0 Å². The van der Waals surface area contributed by atoms with E-state index in [1.807, 2.05) is 6.92 Å². The predicted octanol–water partition coefficient (Wildman–Crippen LogP) is 1.14. The topological polar surface area (TPSA) is 106 Å². The third-order valence-corrected chi connectivity index (χ3v) is 5.62. The number of nitrogens with zero attached hydrogens (tertiary/aromatic N) is 3. The van der Waals surface area contributed by atoms with Crippen molar-refractivity contribution in [3.8, 4) is 5.75 Å². The Morgan fingerprint density at radius 3 is 2.88 bits per heavy atom. The second-order valence-corrected chi connectivity index (χ2v) is 7.76. The Balaban J connectivity index is 1.85. The van der Waals surface area contributed by atoms with Crippen molar-refractivity contribution in [1.29, 1.82) is 0 Å². The number of sulfonamides is 1. The van der Waals surface area contributed by atoms with Gasteiger partial charge in [-0.15, -0.1) is 0 Å². The average molecular weight is 379 g/mol. The van der Waals surface area contributed by atoms with Crippen LogP contribution in [0.2, 0.25) is 0 Å². The van der Waals surface area contributed by atoms with Crippen LogP contribution in [0.5, 0.6) is 5.75 Å². The highest BCUT2D eigenvalue weighted by molar-refractivity contribution is 7.89. The van der Waals surface area contributed by atoms with Gasteiger partial charge in [-0.25, -0.2) is 18.2 Å². The van der Waals surface area contributed by atoms with Gasteiger partial charge in [0.25, 0.3) is 10.0 Å². The largest absolute Gasteiger partial charge is 0.492 e. The van der Waals surface area contributed by atoms with Crippen molar-refractivity contribution >= 4 is 21.7 Å². The molecule has 0 atom stereocenters. The molecular weight excluding hydrogens is 358 g/mol. The first kappa shape index (κ1) is 18.2. The fourth-order valence-electron chi connectivity index (χ4n) is 2.64. The van der Waals surface area contributed by atoms with Crippen LogP contribution >= 0.6 is 0 Å². The first-order valence-corrected chi connectivity index (χ1v) is 9.63. The molecule has 0 saturated heterocycles. The third-order valence-electron chi connectivity index (χ3n) is 3.89. The van der Waals surface area contributed by atoms with Crippen LogP contribution in [0, 0.1) is 0 Å². The zero-order valence-electron chi connectivity index (χ0n) is 14.6. The molecule has 2 aromatic rings. The lowest BCUT2D eigenvalue weighted by atomic mass is 10.1. The summed E-state index contributed by atoms with van der Waals surface area (Å²) < 4.78 is 34.2. The molecule has 0 aliphatic carbocycles. The summed E-state index contributed by atoms with van der Waals surface area (Å²) in [6.45, 7) is 2.93. The molecule has 0 radical (unpaired) electrons. The number of carbonyl (C=O) groups excluding carboxylic acids is 1. The molecule has 2 N–H and O–H groups in total. The number of hydrogen-bond donors (Lipinski definition) is 2. The summed E-state index contributed by atoms with van der Waals surface area (Å²) in [5, 5.41) is 5.36. The minimum absolute atomic E-state index is 0.0000492. The summed E-state index contributed by atoms with van der Waals surface area (Å²) in [7, 11) is -2.02. The van der Waals surface area contributed by atoms with E-state index in [2.05, 4.69) is 15.6 Å². The molecule has 2 amide bonds. The summed E-state index contributed by atoms with van der Waals surface area (Å²) in [6, 6.07) is 4.85. The van der Waals surface area contributed by atoms with Gasteiger partial charge in [0.05, 0.1) is 6.33 Å². The van der Waals surface area contributed by atoms with Gasteiger partial charge in [-0.05, 0) is 25.1 Å². The Hall–Kier alpha value is -2.59. The monoisotopic (exact) mass is 379 g/mol. The number of imidazole rings is 1. The number of aryl methyl sites for hydroxylation is 1. The van der Waals surface area contributed by atoms with Crippen LogP contribution in [0.3, 0.4) is 0 Å². The molecule has 0 spiro atoms. The van der Waals surface area contributed by atoms with Crippen molar-refractivity contribution in [3.05, 3.63) is 36.3 Å². The molecule has 0 saturated carbocycles. The molecule has 0 fully saturated rings. The second kappa shape index (κ2) is 7.34. The maximum atomic E-state index is 12.8. The standard InChI is InChI=1S/C16H21N5O4S/c1-3-17-16(22)19-13-4-5-14-12(8-13)9-21(6-7-25-14)26(23,24)15-10-20(2)11-18-15/h4-5,8,10-11H,3,6-7,9H2,1-2H3,(H2,17,19,22). The van der Waals surface area contributed by atoms with Gasteiger partial charge in [0.1, 0.15) is 12.4 Å². The molecule has 1 aromatic heterocycles. The minimum atomic E-state index is -3.73. The summed E-state index contributed by atoms with van der Waals surface area (Å²) in [4.78, 5) is 15.6. The van der Waals surface area contributed by atoms with Gasteiger partial charge >= 0.3 is 6.03 Å². The average Bonchev–Trinajstić information content (AvgIpc) is 2.91. The molecule has 0 bridgehead atoms. The fourth-order valence-corrected chi connectivity index (χ4v) is 4.01. The molecule has 1 aromatic carbocycles. The van der Waals surface area contributed by atoms with Crippen molar-refractivity contribution in [2.75, 3.05) is 25.0 Å². The maximum absolute atomic E-state index is 12.8. The number of aromatic nitrogens is 2. The van der Waals surface area contributed by atoms with Crippen LogP contribution in [-0.4, -0.2) is 48.0 Å². The number of ether oxygens (including phenoxy) is 1. The second-order valence-electron chi connectivity index (χ2n) is 5.87. The van der Waals surface area contributed by atoms with Gasteiger partial charge < -0.3 is 19.9 Å². The molecule has 1 aliphatic heterocycles. The molecule has 0 unspecified atom stereocenters. The first-order chi connectivity index (χ1) is 12.4. The zero-order chi connectivity index (χ0) is 18.7. The number of carbonyl (C=O) groups is 1. The van der Waals surface area contributed by atoms with E-state index in [0.29, 0.717) is 23.5 Å². The highest BCUT2D eigenvalue weighted by atomic mass is 32.2. The summed E-state index contributed by atoms with van der Waals surface area (Å²) >= 11 is 0. The SMILES string of the molecule is CCNC(=O)Nc1ccc2c(c1)CN(S(=O)(=O)c1cn(C)cn1)CCO2. The van der Waals surface area contributed by atoms with Gasteiger partial charge in [0, 0.05) is 44.1 Å². The van der Waals surface area contributed by atoms with Gasteiger partial charge in [-0.3, -0.25) is 0 Å². The number of rotatable bonds is 4. The quantitative estimate of drug-likeness (QED) is 0.829. The number of nitrogens with one attached hydrogen (secondary N) is 2. The Morgan fingerprint density at radius 2 is 2.19 bits per heavy atom. The van der Waals surface area contributed by atoms with E-state index in [4.69, 9.17) is 4.74 Å². The van der Waals surface area contributed by atoms with Gasteiger partial charge in [0.15, 0.2) is 5.03 Å². The Bertz CT molecular complexity index is 909. The molecule has 10 heteroatoms. The lowest BCUT2D eigenvalue weighted by Gasteiger charge is -2.18. The Morgan fingerprint density at radius 1 is 1.38 bits per heavy atom. The molecule has 140 valence electrons. The maximum Gasteiger partial charge on any atom is 0.319 e. The number of urea groups is 1. The summed E-state index contributed by atoms with van der Waals surface area (Å²) in [5.74, 6) is 0.602. The molecule has 9 nitrogen and oxygen atoms in total. The lowest BCUT2D eigenvalue weighted by Crippen LogP contribution is -2.32. The summed E-state index contributed by atoms with van der Waals surface area (Å²) in [5.41, 5.74) is 1.24. The van der Waals surface area contributed by atoms with Crippen LogP contribution in [0.4, 0.5) is 10.5 Å². The normalized spacial score (nSPS) is 14.8. The van der Waals surface area contributed by atoms with E-state index in [-0.39, 0.29) is 30.8 Å². The third kappa shape index (κ3) is 3.81. The Kier molecular flexibility index (Phi) is 5.14. The van der Waals surface area contributed by atoms with E-state index >= 15 is 0 Å². The van der Waals surface area contributed by atoms with Crippen molar-refractivity contribution < 1.29 is 17.9 Å². The van der Waals surface area contributed by atoms with Crippen molar-refractivity contribution in [2.24, 2.45) is 7.05 Å².